The minimum absolute atomic E-state index is 0.0951. The number of hydrogen-bond acceptors (Lipinski definition) is 4. The number of carboxylic acids is 1. The van der Waals surface area contributed by atoms with Gasteiger partial charge in [0.05, 0.1) is 18.3 Å². The van der Waals surface area contributed by atoms with E-state index < -0.39 is 24.3 Å². The quantitative estimate of drug-likeness (QED) is 0.275. The van der Waals surface area contributed by atoms with Crippen molar-refractivity contribution in [2.45, 2.75) is 57.3 Å². The largest absolute Gasteiger partial charge is 0.481 e. The van der Waals surface area contributed by atoms with Crippen LogP contribution in [0.5, 0.6) is 0 Å². The fourth-order valence-corrected chi connectivity index (χ4v) is 1.94. The number of aliphatic hydroxyl groups is 3. The molecular weight excluding hydrogens is 344 g/mol. The van der Waals surface area contributed by atoms with Gasteiger partial charge in [-0.05, 0) is 25.7 Å². The van der Waals surface area contributed by atoms with Gasteiger partial charge in [0.1, 0.15) is 0 Å². The SMILES string of the molecule is CCC=CC[C@@H](O)C(O)C=CC=CC=CC=C[C@@H](O)CC=CCCC(=O)O. The van der Waals surface area contributed by atoms with Gasteiger partial charge in [-0.3, -0.25) is 4.79 Å². The number of carboxylic acid groups (broad SMARTS) is 1. The van der Waals surface area contributed by atoms with E-state index in [4.69, 9.17) is 5.11 Å². The van der Waals surface area contributed by atoms with Crippen LogP contribution in [0, 0.1) is 0 Å². The summed E-state index contributed by atoms with van der Waals surface area (Å²) in [6, 6.07) is 0. The average Bonchev–Trinajstić information content (AvgIpc) is 2.63. The molecule has 0 aromatic rings. The Balaban J connectivity index is 4.03. The topological polar surface area (TPSA) is 98.0 Å². The smallest absolute Gasteiger partial charge is 0.303 e. The maximum atomic E-state index is 10.3. The van der Waals surface area contributed by atoms with Gasteiger partial charge in [-0.25, -0.2) is 0 Å². The first-order valence-corrected chi connectivity index (χ1v) is 9.21. The van der Waals surface area contributed by atoms with E-state index >= 15 is 0 Å². The van der Waals surface area contributed by atoms with Crippen molar-refractivity contribution in [3.63, 3.8) is 0 Å². The Bertz CT molecular complexity index is 555. The molecular formula is C22H32O5. The lowest BCUT2D eigenvalue weighted by Gasteiger charge is -2.11. The lowest BCUT2D eigenvalue weighted by molar-refractivity contribution is -0.136. The van der Waals surface area contributed by atoms with Crippen molar-refractivity contribution < 1.29 is 25.2 Å². The third-order valence-corrected chi connectivity index (χ3v) is 3.44. The molecule has 0 aliphatic rings. The first kappa shape index (κ1) is 24.8. The maximum Gasteiger partial charge on any atom is 0.303 e. The molecule has 0 spiro atoms. The van der Waals surface area contributed by atoms with Gasteiger partial charge in [0.25, 0.3) is 0 Å². The van der Waals surface area contributed by atoms with Crippen LogP contribution in [0.3, 0.4) is 0 Å². The van der Waals surface area contributed by atoms with Crippen molar-refractivity contribution in [1.29, 1.82) is 0 Å². The Morgan fingerprint density at radius 1 is 0.815 bits per heavy atom. The molecule has 0 amide bonds. The highest BCUT2D eigenvalue weighted by Crippen LogP contribution is 2.03. The molecule has 3 atom stereocenters. The number of carbonyl (C=O) groups is 1. The maximum absolute atomic E-state index is 10.3. The number of aliphatic hydroxyl groups excluding tert-OH is 3. The predicted molar refractivity (Wildman–Crippen MR) is 109 cm³/mol. The molecule has 0 saturated heterocycles. The van der Waals surface area contributed by atoms with Crippen molar-refractivity contribution in [3.8, 4) is 0 Å². The molecule has 5 heteroatoms. The summed E-state index contributed by atoms with van der Waals surface area (Å²) in [6.07, 6.45) is 21.0. The van der Waals surface area contributed by atoms with Gasteiger partial charge in [-0.15, -0.1) is 0 Å². The molecule has 27 heavy (non-hydrogen) atoms. The highest BCUT2D eigenvalue weighted by atomic mass is 16.4. The summed E-state index contributed by atoms with van der Waals surface area (Å²) in [4.78, 5) is 10.3. The van der Waals surface area contributed by atoms with Crippen LogP contribution in [0.15, 0.2) is 72.9 Å². The molecule has 5 nitrogen and oxygen atoms in total. The molecule has 0 aliphatic heterocycles. The minimum atomic E-state index is -0.904. The van der Waals surface area contributed by atoms with Gasteiger partial charge in [-0.2, -0.15) is 0 Å². The van der Waals surface area contributed by atoms with Gasteiger partial charge in [0.2, 0.25) is 0 Å². The van der Waals surface area contributed by atoms with Crippen LogP contribution >= 0.6 is 0 Å². The van der Waals surface area contributed by atoms with E-state index in [1.807, 2.05) is 19.1 Å². The fourth-order valence-electron chi connectivity index (χ4n) is 1.94. The van der Waals surface area contributed by atoms with E-state index in [2.05, 4.69) is 0 Å². The van der Waals surface area contributed by atoms with E-state index in [1.54, 1.807) is 54.7 Å². The molecule has 1 unspecified atom stereocenters. The van der Waals surface area contributed by atoms with Crippen molar-refractivity contribution in [2.24, 2.45) is 0 Å². The van der Waals surface area contributed by atoms with Gasteiger partial charge in [0.15, 0.2) is 0 Å². The molecule has 0 radical (unpaired) electrons. The second kappa shape index (κ2) is 17.2. The Hall–Kier alpha value is -2.21. The monoisotopic (exact) mass is 376 g/mol. The minimum Gasteiger partial charge on any atom is -0.481 e. The van der Waals surface area contributed by atoms with Crippen LogP contribution < -0.4 is 0 Å². The van der Waals surface area contributed by atoms with Crippen LogP contribution in [0.4, 0.5) is 0 Å². The number of hydrogen-bond donors (Lipinski definition) is 4. The molecule has 0 aromatic carbocycles. The molecule has 0 bridgehead atoms. The molecule has 4 N–H and O–H groups in total. The fraction of sp³-hybridized carbons (Fsp3) is 0.409. The second-order valence-electron chi connectivity index (χ2n) is 5.92. The van der Waals surface area contributed by atoms with Crippen LogP contribution in [-0.4, -0.2) is 44.7 Å². The Morgan fingerprint density at radius 3 is 2.04 bits per heavy atom. The average molecular weight is 376 g/mol. The predicted octanol–water partition coefficient (Wildman–Crippen LogP) is 3.46. The molecule has 0 fully saturated rings. The van der Waals surface area contributed by atoms with Crippen molar-refractivity contribution in [2.75, 3.05) is 0 Å². The Kier molecular flexibility index (Phi) is 15.8. The number of aliphatic carboxylic acids is 1. The van der Waals surface area contributed by atoms with E-state index in [0.717, 1.165) is 6.42 Å². The summed E-state index contributed by atoms with van der Waals surface area (Å²) in [5.74, 6) is -0.831. The molecule has 0 rings (SSSR count). The Morgan fingerprint density at radius 2 is 1.41 bits per heavy atom. The summed E-state index contributed by atoms with van der Waals surface area (Å²) in [5, 5.41) is 37.7. The zero-order chi connectivity index (χ0) is 20.3. The van der Waals surface area contributed by atoms with Gasteiger partial charge >= 0.3 is 5.97 Å². The van der Waals surface area contributed by atoms with Gasteiger partial charge < -0.3 is 20.4 Å². The van der Waals surface area contributed by atoms with Crippen LogP contribution in [0.1, 0.15) is 39.0 Å². The molecule has 0 heterocycles. The van der Waals surface area contributed by atoms with E-state index in [-0.39, 0.29) is 6.42 Å². The van der Waals surface area contributed by atoms with Crippen LogP contribution in [-0.2, 0) is 4.79 Å². The normalized spacial score (nSPS) is 16.6. The van der Waals surface area contributed by atoms with E-state index in [1.165, 1.54) is 6.08 Å². The molecule has 0 aromatic heterocycles. The summed E-state index contributed by atoms with van der Waals surface area (Å²) in [7, 11) is 0. The standard InChI is InChI=1S/C22H32O5/c1-2-3-9-16-20(24)21(25)17-12-7-5-4-6-10-14-19(23)15-11-8-13-18-22(26)27/h3-12,14,17,19-21,23-25H,2,13,15-16,18H2,1H3,(H,26,27)/t19-,20-,21?/m1/s1. The summed E-state index contributed by atoms with van der Waals surface area (Å²) >= 11 is 0. The van der Waals surface area contributed by atoms with Crippen molar-refractivity contribution in [3.05, 3.63) is 72.9 Å². The number of rotatable bonds is 14. The lowest BCUT2D eigenvalue weighted by atomic mass is 10.1. The zero-order valence-electron chi connectivity index (χ0n) is 15.9. The molecule has 0 aliphatic carbocycles. The van der Waals surface area contributed by atoms with Crippen molar-refractivity contribution >= 4 is 5.97 Å². The highest BCUT2D eigenvalue weighted by Gasteiger charge is 2.10. The first-order valence-electron chi connectivity index (χ1n) is 9.21. The van der Waals surface area contributed by atoms with E-state index in [0.29, 0.717) is 19.3 Å². The van der Waals surface area contributed by atoms with Gasteiger partial charge in [0, 0.05) is 6.42 Å². The first-order chi connectivity index (χ1) is 13.0. The lowest BCUT2D eigenvalue weighted by Crippen LogP contribution is -2.22. The number of allylic oxidation sites excluding steroid dienone is 8. The zero-order valence-corrected chi connectivity index (χ0v) is 15.9. The third-order valence-electron chi connectivity index (χ3n) is 3.44. The van der Waals surface area contributed by atoms with Gasteiger partial charge in [-0.1, -0.05) is 79.8 Å². The Labute approximate surface area is 162 Å². The van der Waals surface area contributed by atoms with Crippen LogP contribution in [0.2, 0.25) is 0 Å². The highest BCUT2D eigenvalue weighted by molar-refractivity contribution is 5.66. The third kappa shape index (κ3) is 17.0. The molecule has 150 valence electrons. The summed E-state index contributed by atoms with van der Waals surface area (Å²) in [5.41, 5.74) is 0. The van der Waals surface area contributed by atoms with E-state index in [9.17, 15) is 20.1 Å². The summed E-state index contributed by atoms with van der Waals surface area (Å²) < 4.78 is 0. The molecule has 0 saturated carbocycles. The van der Waals surface area contributed by atoms with Crippen LogP contribution in [0.25, 0.3) is 0 Å². The summed E-state index contributed by atoms with van der Waals surface area (Å²) in [6.45, 7) is 2.01. The van der Waals surface area contributed by atoms with Crippen molar-refractivity contribution in [1.82, 2.24) is 0 Å². The second-order valence-corrected chi connectivity index (χ2v) is 5.92.